The van der Waals surface area contributed by atoms with Crippen LogP contribution < -0.4 is 5.32 Å². The van der Waals surface area contributed by atoms with Crippen molar-refractivity contribution in [3.8, 4) is 0 Å². The zero-order valence-electron chi connectivity index (χ0n) is 10.8. The molecule has 1 aromatic rings. The van der Waals surface area contributed by atoms with Crippen molar-refractivity contribution in [1.82, 2.24) is 9.62 Å². The van der Waals surface area contributed by atoms with Gasteiger partial charge in [-0.25, -0.2) is 12.7 Å². The lowest BCUT2D eigenvalue weighted by Gasteiger charge is -2.08. The average molecular weight is 276 g/mol. The number of hydrogen-bond acceptors (Lipinski definition) is 4. The molecular weight excluding hydrogens is 256 g/mol. The largest absolute Gasteiger partial charge is 0.312 e. The van der Waals surface area contributed by atoms with Gasteiger partial charge in [-0.15, -0.1) is 11.3 Å². The molecule has 0 spiro atoms. The molecule has 1 rings (SSSR count). The van der Waals surface area contributed by atoms with E-state index in [1.165, 1.54) is 15.6 Å². The smallest absolute Gasteiger partial charge is 0.252 e. The summed E-state index contributed by atoms with van der Waals surface area (Å²) in [5, 5.41) is 3.29. The standard InChI is InChI=1S/C11H20N2O2S2/c1-5-6-12-8-10-9(2)7-11(16-10)17(14,15)13(3)4/h7,12H,5-6,8H2,1-4H3. The number of thiophene rings is 1. The van der Waals surface area contributed by atoms with Gasteiger partial charge in [0.2, 0.25) is 0 Å². The number of rotatable bonds is 6. The van der Waals surface area contributed by atoms with Crippen LogP contribution in [0.1, 0.15) is 23.8 Å². The fourth-order valence-electron chi connectivity index (χ4n) is 1.35. The van der Waals surface area contributed by atoms with Gasteiger partial charge in [-0.2, -0.15) is 0 Å². The van der Waals surface area contributed by atoms with E-state index < -0.39 is 10.0 Å². The van der Waals surface area contributed by atoms with Crippen LogP contribution in [0.2, 0.25) is 0 Å². The molecule has 1 N–H and O–H groups in total. The van der Waals surface area contributed by atoms with E-state index >= 15 is 0 Å². The molecule has 4 nitrogen and oxygen atoms in total. The highest BCUT2D eigenvalue weighted by Gasteiger charge is 2.20. The number of nitrogens with zero attached hydrogens (tertiary/aromatic N) is 1. The molecule has 0 saturated carbocycles. The summed E-state index contributed by atoms with van der Waals surface area (Å²) < 4.78 is 25.6. The first-order valence-corrected chi connectivity index (χ1v) is 7.87. The Balaban J connectivity index is 2.89. The molecule has 0 atom stereocenters. The van der Waals surface area contributed by atoms with Crippen LogP contribution in [-0.4, -0.2) is 33.4 Å². The first kappa shape index (κ1) is 14.6. The van der Waals surface area contributed by atoms with Crippen molar-refractivity contribution in [3.05, 3.63) is 16.5 Å². The van der Waals surface area contributed by atoms with Crippen molar-refractivity contribution < 1.29 is 8.42 Å². The van der Waals surface area contributed by atoms with E-state index in [1.54, 1.807) is 20.2 Å². The lowest BCUT2D eigenvalue weighted by molar-refractivity contribution is 0.523. The normalized spacial score (nSPS) is 12.3. The van der Waals surface area contributed by atoms with Crippen molar-refractivity contribution in [2.24, 2.45) is 0 Å². The topological polar surface area (TPSA) is 49.4 Å². The predicted octanol–water partition coefficient (Wildman–Crippen LogP) is 1.81. The van der Waals surface area contributed by atoms with Gasteiger partial charge in [0, 0.05) is 25.5 Å². The summed E-state index contributed by atoms with van der Waals surface area (Å²) in [5.74, 6) is 0. The zero-order chi connectivity index (χ0) is 13.1. The van der Waals surface area contributed by atoms with Crippen molar-refractivity contribution in [3.63, 3.8) is 0 Å². The Labute approximate surface area is 108 Å². The van der Waals surface area contributed by atoms with Crippen LogP contribution in [0.3, 0.4) is 0 Å². The molecule has 0 fully saturated rings. The molecule has 0 unspecified atom stereocenters. The highest BCUT2D eigenvalue weighted by molar-refractivity contribution is 7.91. The van der Waals surface area contributed by atoms with Gasteiger partial charge in [0.15, 0.2) is 0 Å². The number of sulfonamides is 1. The predicted molar refractivity (Wildman–Crippen MR) is 71.9 cm³/mol. The van der Waals surface area contributed by atoms with Crippen LogP contribution in [0, 0.1) is 6.92 Å². The third kappa shape index (κ3) is 3.51. The van der Waals surface area contributed by atoms with E-state index in [4.69, 9.17) is 0 Å². The molecule has 6 heteroatoms. The van der Waals surface area contributed by atoms with Gasteiger partial charge in [-0.1, -0.05) is 6.92 Å². The lowest BCUT2D eigenvalue weighted by Crippen LogP contribution is -2.21. The SMILES string of the molecule is CCCNCc1sc(S(=O)(=O)N(C)C)cc1C. The van der Waals surface area contributed by atoms with Gasteiger partial charge < -0.3 is 5.32 Å². The van der Waals surface area contributed by atoms with Gasteiger partial charge in [-0.3, -0.25) is 0 Å². The number of aryl methyl sites for hydroxylation is 1. The first-order valence-electron chi connectivity index (χ1n) is 5.62. The molecular formula is C11H20N2O2S2. The van der Waals surface area contributed by atoms with Gasteiger partial charge in [0.25, 0.3) is 10.0 Å². The van der Waals surface area contributed by atoms with E-state index in [9.17, 15) is 8.42 Å². The third-order valence-electron chi connectivity index (χ3n) is 2.45. The van der Waals surface area contributed by atoms with E-state index in [1.807, 2.05) is 6.92 Å². The van der Waals surface area contributed by atoms with Crippen LogP contribution in [0.5, 0.6) is 0 Å². The van der Waals surface area contributed by atoms with Crippen molar-refractivity contribution >= 4 is 21.4 Å². The maximum Gasteiger partial charge on any atom is 0.252 e. The molecule has 0 aliphatic rings. The minimum atomic E-state index is -3.29. The maximum atomic E-state index is 11.9. The molecule has 98 valence electrons. The van der Waals surface area contributed by atoms with Crippen LogP contribution in [0.15, 0.2) is 10.3 Å². The summed E-state index contributed by atoms with van der Waals surface area (Å²) in [6, 6.07) is 1.75. The summed E-state index contributed by atoms with van der Waals surface area (Å²) in [6.45, 7) is 5.75. The van der Waals surface area contributed by atoms with Gasteiger partial charge in [-0.05, 0) is 31.5 Å². The van der Waals surface area contributed by atoms with Gasteiger partial charge >= 0.3 is 0 Å². The van der Waals surface area contributed by atoms with Gasteiger partial charge in [0.1, 0.15) is 4.21 Å². The van der Waals surface area contributed by atoms with E-state index in [2.05, 4.69) is 12.2 Å². The Kier molecular flexibility index (Phi) is 5.12. The minimum Gasteiger partial charge on any atom is -0.312 e. The molecule has 0 aliphatic heterocycles. The summed E-state index contributed by atoms with van der Waals surface area (Å²) in [6.07, 6.45) is 1.08. The molecule has 1 aromatic heterocycles. The first-order chi connectivity index (χ1) is 7.89. The lowest BCUT2D eigenvalue weighted by atomic mass is 10.3. The van der Waals surface area contributed by atoms with Crippen LogP contribution in [0.25, 0.3) is 0 Å². The Hall–Kier alpha value is -0.430. The molecule has 0 aromatic carbocycles. The van der Waals surface area contributed by atoms with Crippen molar-refractivity contribution in [2.75, 3.05) is 20.6 Å². The Morgan fingerprint density at radius 1 is 1.41 bits per heavy atom. The monoisotopic (exact) mass is 276 g/mol. The quantitative estimate of drug-likeness (QED) is 0.806. The van der Waals surface area contributed by atoms with E-state index in [0.717, 1.165) is 30.0 Å². The van der Waals surface area contributed by atoms with Crippen molar-refractivity contribution in [1.29, 1.82) is 0 Å². The van der Waals surface area contributed by atoms with Crippen LogP contribution in [0.4, 0.5) is 0 Å². The minimum absolute atomic E-state index is 0.424. The second kappa shape index (κ2) is 5.95. The molecule has 17 heavy (non-hydrogen) atoms. The Morgan fingerprint density at radius 3 is 2.59 bits per heavy atom. The average Bonchev–Trinajstić information content (AvgIpc) is 2.61. The highest BCUT2D eigenvalue weighted by atomic mass is 32.2. The summed E-state index contributed by atoms with van der Waals surface area (Å²) >= 11 is 1.35. The highest BCUT2D eigenvalue weighted by Crippen LogP contribution is 2.27. The van der Waals surface area contributed by atoms with Crippen LogP contribution >= 0.6 is 11.3 Å². The van der Waals surface area contributed by atoms with Crippen molar-refractivity contribution in [2.45, 2.75) is 31.0 Å². The van der Waals surface area contributed by atoms with Crippen LogP contribution in [-0.2, 0) is 16.6 Å². The zero-order valence-corrected chi connectivity index (χ0v) is 12.4. The van der Waals surface area contributed by atoms with E-state index in [0.29, 0.717) is 4.21 Å². The number of nitrogens with one attached hydrogen (secondary N) is 1. The summed E-state index contributed by atoms with van der Waals surface area (Å²) in [4.78, 5) is 1.10. The van der Waals surface area contributed by atoms with E-state index in [-0.39, 0.29) is 0 Å². The Bertz CT molecular complexity index is 464. The fourth-order valence-corrected chi connectivity index (χ4v) is 4.08. The molecule has 0 radical (unpaired) electrons. The Morgan fingerprint density at radius 2 is 2.06 bits per heavy atom. The molecule has 1 heterocycles. The third-order valence-corrected chi connectivity index (χ3v) is 5.95. The molecule has 0 amide bonds. The fraction of sp³-hybridized carbons (Fsp3) is 0.636. The molecule has 0 aliphatic carbocycles. The number of hydrogen-bond donors (Lipinski definition) is 1. The summed E-state index contributed by atoms with van der Waals surface area (Å²) in [5.41, 5.74) is 1.04. The second-order valence-electron chi connectivity index (χ2n) is 4.14. The van der Waals surface area contributed by atoms with Gasteiger partial charge in [0.05, 0.1) is 0 Å². The summed E-state index contributed by atoms with van der Waals surface area (Å²) in [7, 11) is -0.175. The molecule has 0 saturated heterocycles. The second-order valence-corrected chi connectivity index (χ2v) is 7.65. The molecule has 0 bridgehead atoms. The maximum absolute atomic E-state index is 11.9.